The number of Topliss-reactive ketones (excluding diaryl/α,β-unsaturated/α-hetero) is 1. The van der Waals surface area contributed by atoms with Crippen molar-refractivity contribution >= 4 is 78.7 Å². The molecule has 0 spiro atoms. The average Bonchev–Trinajstić information content (AvgIpc) is 3.54. The second-order valence-corrected chi connectivity index (χ2v) is 12.3. The molecule has 2 aromatic carbocycles. The van der Waals surface area contributed by atoms with E-state index >= 15 is 0 Å². The number of aromatic amines is 1. The topological polar surface area (TPSA) is 120 Å². The summed E-state index contributed by atoms with van der Waals surface area (Å²) in [5.74, 6) is -0.0218. The number of ketones is 1. The molecule has 41 heavy (non-hydrogen) atoms. The molecule has 0 amide bonds. The van der Waals surface area contributed by atoms with Crippen LogP contribution >= 0.6 is 11.3 Å². The Morgan fingerprint density at radius 2 is 1.71 bits per heavy atom. The van der Waals surface area contributed by atoms with Gasteiger partial charge in [-0.05, 0) is 41.5 Å². The minimum atomic E-state index is -0.676. The third-order valence-electron chi connectivity index (χ3n) is 7.26. The second kappa shape index (κ2) is 11.5. The SMILES string of the molecule is CC(C)(C)C(=O)Cn1c(=O)c2cc(C3CC3)sc2n(Cc2ccc(-c3ccccc3-c3noc(=O)[nH]3)cc2)c1=O.[KH]. The molecule has 0 radical (unpaired) electrons. The van der Waals surface area contributed by atoms with Crippen LogP contribution in [0.5, 0.6) is 0 Å². The summed E-state index contributed by atoms with van der Waals surface area (Å²) in [6.45, 7) is 5.35. The van der Waals surface area contributed by atoms with E-state index < -0.39 is 22.4 Å². The first kappa shape index (κ1) is 29.8. The molecule has 0 bridgehead atoms. The van der Waals surface area contributed by atoms with Gasteiger partial charge in [-0.2, -0.15) is 0 Å². The van der Waals surface area contributed by atoms with E-state index in [1.165, 1.54) is 11.3 Å². The zero-order valence-electron chi connectivity index (χ0n) is 22.4. The van der Waals surface area contributed by atoms with Crippen molar-refractivity contribution < 1.29 is 9.32 Å². The Hall–Kier alpha value is -2.67. The van der Waals surface area contributed by atoms with E-state index in [9.17, 15) is 19.2 Å². The number of carbonyl (C=O) groups is 1. The molecule has 3 heterocycles. The maximum absolute atomic E-state index is 13.7. The van der Waals surface area contributed by atoms with Crippen LogP contribution in [0.25, 0.3) is 32.7 Å². The molecule has 1 aliphatic carbocycles. The van der Waals surface area contributed by atoms with E-state index in [2.05, 4.69) is 14.7 Å². The second-order valence-electron chi connectivity index (χ2n) is 11.3. The zero-order chi connectivity index (χ0) is 28.2. The van der Waals surface area contributed by atoms with Crippen LogP contribution in [0, 0.1) is 5.41 Å². The van der Waals surface area contributed by atoms with Crippen molar-refractivity contribution in [1.82, 2.24) is 19.3 Å². The van der Waals surface area contributed by atoms with Gasteiger partial charge in [0.15, 0.2) is 11.6 Å². The number of nitrogens with one attached hydrogen (secondary N) is 1. The van der Waals surface area contributed by atoms with Crippen molar-refractivity contribution in [1.29, 1.82) is 0 Å². The van der Waals surface area contributed by atoms with Crippen molar-refractivity contribution in [2.45, 2.75) is 52.6 Å². The van der Waals surface area contributed by atoms with Crippen molar-refractivity contribution in [2.75, 3.05) is 0 Å². The average molecular weight is 597 g/mol. The fourth-order valence-electron chi connectivity index (χ4n) is 4.71. The summed E-state index contributed by atoms with van der Waals surface area (Å²) < 4.78 is 7.39. The molecule has 206 valence electrons. The van der Waals surface area contributed by atoms with Gasteiger partial charge in [0.25, 0.3) is 5.56 Å². The summed E-state index contributed by atoms with van der Waals surface area (Å²) in [6.07, 6.45) is 2.16. The van der Waals surface area contributed by atoms with Crippen LogP contribution in [0.2, 0.25) is 0 Å². The van der Waals surface area contributed by atoms with Gasteiger partial charge in [0.1, 0.15) is 4.83 Å². The monoisotopic (exact) mass is 596 g/mol. The Morgan fingerprint density at radius 1 is 1.02 bits per heavy atom. The van der Waals surface area contributed by atoms with Gasteiger partial charge in [-0.25, -0.2) is 9.59 Å². The van der Waals surface area contributed by atoms with Gasteiger partial charge in [-0.1, -0.05) is 74.5 Å². The Bertz CT molecular complexity index is 1930. The van der Waals surface area contributed by atoms with E-state index in [1.807, 2.05) is 54.6 Å². The summed E-state index contributed by atoms with van der Waals surface area (Å²) in [6, 6.07) is 17.2. The molecule has 9 nitrogen and oxygen atoms in total. The molecule has 3 aromatic heterocycles. The quantitative estimate of drug-likeness (QED) is 0.282. The molecule has 1 aliphatic rings. The number of hydrogen-bond donors (Lipinski definition) is 1. The molecule has 0 unspecified atom stereocenters. The Morgan fingerprint density at radius 3 is 2.32 bits per heavy atom. The van der Waals surface area contributed by atoms with Crippen molar-refractivity contribution in [3.8, 4) is 22.5 Å². The first-order valence-corrected chi connectivity index (χ1v) is 14.0. The number of carbonyl (C=O) groups excluding carboxylic acids is 1. The van der Waals surface area contributed by atoms with Gasteiger partial charge in [-0.3, -0.25) is 28.2 Å². The Labute approximate surface area is 281 Å². The number of nitrogens with zero attached hydrogens (tertiary/aromatic N) is 3. The fraction of sp³-hybridized carbons (Fsp3) is 0.300. The van der Waals surface area contributed by atoms with Crippen molar-refractivity contribution in [3.63, 3.8) is 0 Å². The van der Waals surface area contributed by atoms with Crippen molar-refractivity contribution in [2.24, 2.45) is 5.41 Å². The van der Waals surface area contributed by atoms with Crippen LogP contribution < -0.4 is 17.0 Å². The van der Waals surface area contributed by atoms with Crippen LogP contribution in [0.15, 0.2) is 73.5 Å². The van der Waals surface area contributed by atoms with E-state index in [1.54, 1.807) is 25.3 Å². The third-order valence-corrected chi connectivity index (χ3v) is 8.58. The Balaban J connectivity index is 0.00000337. The molecular formula is C30H29KN4O5S. The van der Waals surface area contributed by atoms with Gasteiger partial charge in [0.2, 0.25) is 0 Å². The summed E-state index contributed by atoms with van der Waals surface area (Å²) in [5, 5.41) is 4.31. The molecule has 1 N–H and O–H groups in total. The molecule has 0 aliphatic heterocycles. The number of thiophene rings is 1. The third kappa shape index (κ3) is 5.97. The van der Waals surface area contributed by atoms with Crippen LogP contribution in [0.3, 0.4) is 0 Å². The predicted molar refractivity (Wildman–Crippen MR) is 161 cm³/mol. The van der Waals surface area contributed by atoms with E-state index in [0.717, 1.165) is 44.5 Å². The molecular weight excluding hydrogens is 568 g/mol. The van der Waals surface area contributed by atoms with Gasteiger partial charge in [-0.15, -0.1) is 11.3 Å². The van der Waals surface area contributed by atoms with E-state index in [4.69, 9.17) is 0 Å². The van der Waals surface area contributed by atoms with Gasteiger partial charge in [0.05, 0.1) is 18.5 Å². The van der Waals surface area contributed by atoms with Crippen LogP contribution in [-0.4, -0.2) is 76.4 Å². The number of aromatic nitrogens is 4. The molecule has 1 fully saturated rings. The number of rotatable bonds is 7. The first-order valence-electron chi connectivity index (χ1n) is 13.2. The molecule has 5 aromatic rings. The zero-order valence-corrected chi connectivity index (χ0v) is 23.2. The van der Waals surface area contributed by atoms with E-state index in [-0.39, 0.29) is 70.3 Å². The summed E-state index contributed by atoms with van der Waals surface area (Å²) >= 11 is 1.50. The van der Waals surface area contributed by atoms with Gasteiger partial charge < -0.3 is 0 Å². The van der Waals surface area contributed by atoms with Gasteiger partial charge >= 0.3 is 62.8 Å². The molecule has 11 heteroatoms. The van der Waals surface area contributed by atoms with Gasteiger partial charge in [0, 0.05) is 15.9 Å². The van der Waals surface area contributed by atoms with Crippen LogP contribution in [0.1, 0.15) is 50.0 Å². The normalized spacial score (nSPS) is 13.3. The van der Waals surface area contributed by atoms with Crippen molar-refractivity contribution in [3.05, 3.63) is 96.4 Å². The predicted octanol–water partition coefficient (Wildman–Crippen LogP) is 4.13. The summed E-state index contributed by atoms with van der Waals surface area (Å²) in [7, 11) is 0. The minimum absolute atomic E-state index is 0. The number of hydrogen-bond acceptors (Lipinski definition) is 7. The molecule has 1 saturated carbocycles. The van der Waals surface area contributed by atoms with E-state index in [0.29, 0.717) is 22.0 Å². The number of fused-ring (bicyclic) bond motifs is 1. The standard InChI is InChI=1S/C30H28N4O5S.K.H/c1-30(2,3)24(35)16-33-26(36)22-14-23(19-12-13-19)40-27(22)34(29(33)38)15-17-8-10-18(11-9-17)20-6-4-5-7-21(20)25-31-28(37)39-32-25;;/h4-11,14,19H,12-13,15-16H2,1-3H3,(H,31,32,37);;. The van der Waals surface area contributed by atoms with Crippen LogP contribution in [-0.2, 0) is 17.9 Å². The molecule has 0 atom stereocenters. The number of benzene rings is 2. The maximum atomic E-state index is 13.7. The van der Waals surface area contributed by atoms with Crippen LogP contribution in [0.4, 0.5) is 0 Å². The fourth-order valence-corrected chi connectivity index (χ4v) is 6.02. The molecule has 0 saturated heterocycles. The summed E-state index contributed by atoms with van der Waals surface area (Å²) in [4.78, 5) is 55.8. The first-order chi connectivity index (χ1) is 19.1. The Kier molecular flexibility index (Phi) is 8.39. The summed E-state index contributed by atoms with van der Waals surface area (Å²) in [5.41, 5.74) is 1.78. The molecule has 6 rings (SSSR count). The number of H-pyrrole nitrogens is 1.